The quantitative estimate of drug-likeness (QED) is 0.335. The fourth-order valence-corrected chi connectivity index (χ4v) is 2.77. The smallest absolute Gasteiger partial charge is 0.342 e. The van der Waals surface area contributed by atoms with Crippen LogP contribution in [0.5, 0.6) is 11.5 Å². The second-order valence-corrected chi connectivity index (χ2v) is 7.21. The maximum Gasteiger partial charge on any atom is 0.342 e. The number of aromatic amines is 2. The number of nitrogens with one attached hydrogen (secondary N) is 3. The van der Waals surface area contributed by atoms with E-state index in [4.69, 9.17) is 9.47 Å². The Morgan fingerprint density at radius 3 is 2.68 bits per heavy atom. The number of hydrogen-bond acceptors (Lipinski definition) is 8. The van der Waals surface area contributed by atoms with Crippen LogP contribution >= 0.6 is 11.8 Å². The van der Waals surface area contributed by atoms with E-state index in [1.165, 1.54) is 6.21 Å². The summed E-state index contributed by atoms with van der Waals surface area (Å²) in [6, 6.07) is 5.26. The number of rotatable bonds is 8. The minimum atomic E-state index is -0.712. The van der Waals surface area contributed by atoms with Crippen LogP contribution in [0.3, 0.4) is 0 Å². The van der Waals surface area contributed by atoms with Crippen LogP contribution in [-0.4, -0.2) is 45.8 Å². The van der Waals surface area contributed by atoms with Crippen LogP contribution in [0.4, 0.5) is 0 Å². The molecule has 1 heterocycles. The third-order valence-corrected chi connectivity index (χ3v) is 4.34. The van der Waals surface area contributed by atoms with E-state index in [2.05, 4.69) is 20.7 Å². The van der Waals surface area contributed by atoms with Crippen molar-refractivity contribution < 1.29 is 14.3 Å². The first kappa shape index (κ1) is 21.2. The van der Waals surface area contributed by atoms with Gasteiger partial charge in [0.2, 0.25) is 0 Å². The number of thioether (sulfide) groups is 1. The van der Waals surface area contributed by atoms with Gasteiger partial charge in [0.25, 0.3) is 11.5 Å². The highest BCUT2D eigenvalue weighted by Gasteiger charge is 2.17. The van der Waals surface area contributed by atoms with Gasteiger partial charge in [0.15, 0.2) is 16.5 Å². The van der Waals surface area contributed by atoms with Gasteiger partial charge in [-0.15, -0.1) is 0 Å². The zero-order chi connectivity index (χ0) is 20.7. The number of nitrogens with zero attached hydrogens (tertiary/aromatic N) is 2. The molecule has 0 radical (unpaired) electrons. The number of H-pyrrole nitrogens is 2. The summed E-state index contributed by atoms with van der Waals surface area (Å²) in [7, 11) is 1.55. The van der Waals surface area contributed by atoms with Gasteiger partial charge < -0.3 is 9.47 Å². The lowest BCUT2D eigenvalue weighted by Crippen LogP contribution is -2.30. The number of benzene rings is 1. The molecule has 1 aromatic carbocycles. The maximum absolute atomic E-state index is 12.1. The molecule has 1 amide bonds. The average Bonchev–Trinajstić information content (AvgIpc) is 2.63. The van der Waals surface area contributed by atoms with Crippen molar-refractivity contribution in [2.45, 2.75) is 37.2 Å². The number of carbonyl (C=O) groups is 1. The van der Waals surface area contributed by atoms with Gasteiger partial charge in [-0.25, -0.2) is 15.3 Å². The van der Waals surface area contributed by atoms with E-state index in [0.29, 0.717) is 17.1 Å². The number of ether oxygens (including phenoxy) is 2. The van der Waals surface area contributed by atoms with Crippen LogP contribution in [0.15, 0.2) is 37.9 Å². The standard InChI is InChI=1S/C17H21N5O5S/c1-9(2)27-13-7-11(5-6-12(13)26-4)8-18-20-14(23)10(3)28-16-15(24)19-17(25)22-21-16/h5-10H,1-4H3,(H,20,23)(H2,19,22,24,25)/b18-8+. The number of amides is 1. The molecule has 0 bridgehead atoms. The second-order valence-electron chi connectivity index (χ2n) is 5.88. The van der Waals surface area contributed by atoms with Gasteiger partial charge in [0, 0.05) is 0 Å². The van der Waals surface area contributed by atoms with Gasteiger partial charge in [-0.05, 0) is 44.5 Å². The average molecular weight is 407 g/mol. The summed E-state index contributed by atoms with van der Waals surface area (Å²) >= 11 is 0.900. The van der Waals surface area contributed by atoms with Gasteiger partial charge in [-0.1, -0.05) is 11.8 Å². The minimum Gasteiger partial charge on any atom is -0.493 e. The van der Waals surface area contributed by atoms with E-state index in [-0.39, 0.29) is 11.1 Å². The molecule has 0 fully saturated rings. The summed E-state index contributed by atoms with van der Waals surface area (Å²) in [5.41, 5.74) is 1.73. The Hall–Kier alpha value is -3.08. The van der Waals surface area contributed by atoms with E-state index in [1.54, 1.807) is 32.2 Å². The topological polar surface area (TPSA) is 139 Å². The SMILES string of the molecule is COc1ccc(/C=N/NC(=O)C(C)Sc2n[nH]c(=O)[nH]c2=O)cc1OC(C)C. The number of hydrazone groups is 1. The Morgan fingerprint density at radius 1 is 1.29 bits per heavy atom. The molecule has 11 heteroatoms. The molecule has 2 rings (SSSR count). The molecule has 3 N–H and O–H groups in total. The Balaban J connectivity index is 2.00. The molecule has 0 aliphatic carbocycles. The Labute approximate surface area is 164 Å². The summed E-state index contributed by atoms with van der Waals surface area (Å²) < 4.78 is 10.9. The zero-order valence-corrected chi connectivity index (χ0v) is 16.6. The maximum atomic E-state index is 12.1. The van der Waals surface area contributed by atoms with Gasteiger partial charge in [0.1, 0.15) is 0 Å². The van der Waals surface area contributed by atoms with E-state index in [0.717, 1.165) is 11.8 Å². The first-order valence-electron chi connectivity index (χ1n) is 8.33. The van der Waals surface area contributed by atoms with Crippen molar-refractivity contribution in [2.24, 2.45) is 5.10 Å². The molecule has 0 saturated heterocycles. The molecule has 0 aliphatic rings. The largest absolute Gasteiger partial charge is 0.493 e. The van der Waals surface area contributed by atoms with Crippen molar-refractivity contribution in [1.82, 2.24) is 20.6 Å². The van der Waals surface area contributed by atoms with E-state index in [9.17, 15) is 14.4 Å². The third kappa shape index (κ3) is 5.98. The Bertz CT molecular complexity index is 969. The summed E-state index contributed by atoms with van der Waals surface area (Å²) in [4.78, 5) is 36.7. The first-order valence-corrected chi connectivity index (χ1v) is 9.21. The lowest BCUT2D eigenvalue weighted by molar-refractivity contribution is -0.120. The molecular weight excluding hydrogens is 386 g/mol. The third-order valence-electron chi connectivity index (χ3n) is 3.28. The summed E-state index contributed by atoms with van der Waals surface area (Å²) in [6.45, 7) is 5.40. The van der Waals surface area contributed by atoms with Crippen LogP contribution in [0.1, 0.15) is 26.3 Å². The van der Waals surface area contributed by atoms with Crippen molar-refractivity contribution in [1.29, 1.82) is 0 Å². The molecule has 1 aromatic heterocycles. The molecule has 2 aromatic rings. The minimum absolute atomic E-state index is 0.0168. The monoisotopic (exact) mass is 407 g/mol. The van der Waals surface area contributed by atoms with Crippen LogP contribution in [0.25, 0.3) is 0 Å². The second kappa shape index (κ2) is 9.74. The van der Waals surface area contributed by atoms with Crippen LogP contribution in [0.2, 0.25) is 0 Å². The van der Waals surface area contributed by atoms with Crippen LogP contribution in [-0.2, 0) is 4.79 Å². The van der Waals surface area contributed by atoms with Crippen LogP contribution in [0, 0.1) is 0 Å². The van der Waals surface area contributed by atoms with E-state index >= 15 is 0 Å². The first-order chi connectivity index (χ1) is 13.3. The van der Waals surface area contributed by atoms with E-state index < -0.39 is 22.4 Å². The van der Waals surface area contributed by atoms with Gasteiger partial charge in [0.05, 0.1) is 24.7 Å². The summed E-state index contributed by atoms with van der Waals surface area (Å²) in [5, 5.41) is 8.97. The lowest BCUT2D eigenvalue weighted by atomic mass is 10.2. The fraction of sp³-hybridized carbons (Fsp3) is 0.353. The van der Waals surface area contributed by atoms with Gasteiger partial charge in [-0.2, -0.15) is 10.2 Å². The molecule has 150 valence electrons. The summed E-state index contributed by atoms with van der Waals surface area (Å²) in [5.74, 6) is 0.736. The molecule has 28 heavy (non-hydrogen) atoms. The molecule has 1 atom stereocenters. The summed E-state index contributed by atoms with van der Waals surface area (Å²) in [6.07, 6.45) is 1.44. The van der Waals surface area contributed by atoms with E-state index in [1.807, 2.05) is 18.8 Å². The number of aromatic nitrogens is 3. The predicted molar refractivity (Wildman–Crippen MR) is 105 cm³/mol. The van der Waals surface area contributed by atoms with Crippen molar-refractivity contribution in [2.75, 3.05) is 7.11 Å². The van der Waals surface area contributed by atoms with Gasteiger partial charge in [-0.3, -0.25) is 14.6 Å². The Morgan fingerprint density at radius 2 is 2.04 bits per heavy atom. The highest BCUT2D eigenvalue weighted by Crippen LogP contribution is 2.28. The number of methoxy groups -OCH3 is 1. The van der Waals surface area contributed by atoms with Crippen molar-refractivity contribution >= 4 is 23.9 Å². The molecule has 0 spiro atoms. The molecule has 0 aliphatic heterocycles. The van der Waals surface area contributed by atoms with Crippen molar-refractivity contribution in [3.05, 3.63) is 44.6 Å². The molecule has 1 unspecified atom stereocenters. The molecule has 10 nitrogen and oxygen atoms in total. The van der Waals surface area contributed by atoms with Gasteiger partial charge >= 0.3 is 5.69 Å². The number of hydrogen-bond donors (Lipinski definition) is 3. The highest BCUT2D eigenvalue weighted by molar-refractivity contribution is 8.00. The molecule has 0 saturated carbocycles. The normalized spacial score (nSPS) is 12.2. The zero-order valence-electron chi connectivity index (χ0n) is 15.8. The Kier molecular flexibility index (Phi) is 7.38. The predicted octanol–water partition coefficient (Wildman–Crippen LogP) is 0.885. The highest BCUT2D eigenvalue weighted by atomic mass is 32.2. The van der Waals surface area contributed by atoms with Crippen molar-refractivity contribution in [3.8, 4) is 11.5 Å². The molecular formula is C17H21N5O5S. The van der Waals surface area contributed by atoms with Crippen LogP contribution < -0.4 is 26.1 Å². The lowest BCUT2D eigenvalue weighted by Gasteiger charge is -2.13. The van der Waals surface area contributed by atoms with Crippen molar-refractivity contribution in [3.63, 3.8) is 0 Å². The number of carbonyl (C=O) groups excluding carboxylic acids is 1. The fourth-order valence-electron chi connectivity index (χ4n) is 2.02.